The lowest BCUT2D eigenvalue weighted by molar-refractivity contribution is 0.470. The van der Waals surface area contributed by atoms with Crippen molar-refractivity contribution in [3.05, 3.63) is 0 Å². The van der Waals surface area contributed by atoms with Crippen molar-refractivity contribution in [3.63, 3.8) is 0 Å². The molecule has 0 saturated carbocycles. The van der Waals surface area contributed by atoms with Gasteiger partial charge in [-0.3, -0.25) is 0 Å². The summed E-state index contributed by atoms with van der Waals surface area (Å²) < 4.78 is 111. The standard InChI is InChI=1S/F6O5S4/c1-12(2,3)14(7,8)11-15(9,10)13(4,5)6. The summed E-state index contributed by atoms with van der Waals surface area (Å²) >= 11 is 0. The molecule has 0 unspecified atom stereocenters. The van der Waals surface area contributed by atoms with Crippen LogP contribution >= 0.6 is 20.4 Å². The molecule has 0 heterocycles. The Balaban J connectivity index is 5.28. The Kier molecular flexibility index (Phi) is 3.90. The van der Waals surface area contributed by atoms with Crippen molar-refractivity contribution in [2.75, 3.05) is 0 Å². The molecule has 0 saturated heterocycles. The summed E-state index contributed by atoms with van der Waals surface area (Å²) in [5, 5.41) is 0. The van der Waals surface area contributed by atoms with Gasteiger partial charge in [0.05, 0.1) is 0 Å². The van der Waals surface area contributed by atoms with Gasteiger partial charge in [-0.25, -0.2) is 0 Å². The molecule has 15 heteroatoms. The topological polar surface area (TPSA) is 77.5 Å². The second kappa shape index (κ2) is 3.86. The van der Waals surface area contributed by atoms with Gasteiger partial charge in [-0.05, 0) is 0 Å². The van der Waals surface area contributed by atoms with Gasteiger partial charge in [0.2, 0.25) is 0 Å². The predicted octanol–water partition coefficient (Wildman–Crippen LogP) is 2.41. The Morgan fingerprint density at radius 3 is 0.933 bits per heavy atom. The van der Waals surface area contributed by atoms with E-state index in [-0.39, 0.29) is 0 Å². The van der Waals surface area contributed by atoms with Crippen LogP contribution in [0.2, 0.25) is 0 Å². The number of hydrogen-bond acceptors (Lipinski definition) is 5. The van der Waals surface area contributed by atoms with Crippen molar-refractivity contribution in [2.24, 2.45) is 0 Å². The molecule has 0 bridgehead atoms. The molecule has 0 amide bonds. The Morgan fingerprint density at radius 1 is 0.600 bits per heavy atom. The molecule has 0 atom stereocenters. The maximum atomic E-state index is 11.5. The van der Waals surface area contributed by atoms with E-state index < -0.39 is 38.7 Å². The van der Waals surface area contributed by atoms with Gasteiger partial charge in [-0.2, -0.15) is 16.8 Å². The fourth-order valence-electron chi connectivity index (χ4n) is 0.165. The molecule has 0 spiro atoms. The minimum Gasteiger partial charge on any atom is -0.180 e. The third-order valence-electron chi connectivity index (χ3n) is 0.630. The number of rotatable bonds is 4. The van der Waals surface area contributed by atoms with Crippen molar-refractivity contribution in [2.45, 2.75) is 0 Å². The molecule has 5 nitrogen and oxygen atoms in total. The summed E-state index contributed by atoms with van der Waals surface area (Å²) in [6.07, 6.45) is 0. The van der Waals surface area contributed by atoms with Crippen molar-refractivity contribution in [1.29, 1.82) is 0 Å². The third kappa shape index (κ3) is 3.58. The summed E-state index contributed by atoms with van der Waals surface area (Å²) in [6.45, 7) is 0. The third-order valence-corrected chi connectivity index (χ3v) is 6.67. The SMILES string of the molecule is O=S(=O)(OS(=O)(=O)S(F)(F)F)S(F)(F)F. The summed E-state index contributed by atoms with van der Waals surface area (Å²) in [7, 11) is -27.7. The van der Waals surface area contributed by atoms with Crippen molar-refractivity contribution in [1.82, 2.24) is 0 Å². The first-order valence-corrected chi connectivity index (χ1v) is 8.78. The predicted molar refractivity (Wildman–Crippen MR) is 40.8 cm³/mol. The van der Waals surface area contributed by atoms with Crippen LogP contribution in [0.5, 0.6) is 0 Å². The van der Waals surface area contributed by atoms with E-state index in [1.807, 2.05) is 0 Å². The van der Waals surface area contributed by atoms with Crippen molar-refractivity contribution >= 4 is 38.7 Å². The highest BCUT2D eigenvalue weighted by Crippen LogP contribution is 2.65. The first-order chi connectivity index (χ1) is 6.21. The maximum Gasteiger partial charge on any atom is 0.400 e. The van der Waals surface area contributed by atoms with Gasteiger partial charge in [-0.15, -0.1) is 26.9 Å². The second-order valence-electron chi connectivity index (χ2n) is 1.61. The quantitative estimate of drug-likeness (QED) is 0.587. The minimum absolute atomic E-state index is 2.12. The first-order valence-electron chi connectivity index (χ1n) is 2.26. The molecule has 0 aliphatic heterocycles. The monoisotopic (exact) mass is 322 g/mol. The Hall–Kier alpha value is 0.140. The van der Waals surface area contributed by atoms with E-state index in [1.54, 1.807) is 0 Å². The molecular formula is F6O5S4. The van der Waals surface area contributed by atoms with Crippen LogP contribution in [0.3, 0.4) is 0 Å². The van der Waals surface area contributed by atoms with Crippen LogP contribution in [0, 0.1) is 0 Å². The second-order valence-corrected chi connectivity index (χ2v) is 9.96. The molecule has 0 N–H and O–H groups in total. The van der Waals surface area contributed by atoms with Crippen LogP contribution in [0.1, 0.15) is 0 Å². The van der Waals surface area contributed by atoms with E-state index in [9.17, 15) is 40.2 Å². The molecule has 0 aliphatic rings. The van der Waals surface area contributed by atoms with E-state index in [2.05, 4.69) is 3.63 Å². The molecule has 0 aromatic carbocycles. The van der Waals surface area contributed by atoms with E-state index in [4.69, 9.17) is 0 Å². The Morgan fingerprint density at radius 2 is 0.800 bits per heavy atom. The van der Waals surface area contributed by atoms with Crippen molar-refractivity contribution < 1.29 is 43.8 Å². The molecule has 0 aromatic heterocycles. The molecule has 0 rings (SSSR count). The zero-order chi connectivity index (χ0) is 12.7. The average Bonchev–Trinajstić information content (AvgIpc) is 1.77. The first kappa shape index (κ1) is 15.1. The van der Waals surface area contributed by atoms with Gasteiger partial charge in [0.25, 0.3) is 0 Å². The maximum absolute atomic E-state index is 11.5. The van der Waals surface area contributed by atoms with Gasteiger partial charge >= 0.3 is 38.7 Å². The number of halogens is 6. The van der Waals surface area contributed by atoms with Crippen LogP contribution in [-0.4, -0.2) is 16.8 Å². The van der Waals surface area contributed by atoms with Crippen LogP contribution < -0.4 is 0 Å². The van der Waals surface area contributed by atoms with Crippen LogP contribution in [0.4, 0.5) is 23.3 Å². The van der Waals surface area contributed by atoms with E-state index in [0.29, 0.717) is 0 Å². The highest BCUT2D eigenvalue weighted by molar-refractivity contribution is 8.87. The van der Waals surface area contributed by atoms with Gasteiger partial charge in [-0.1, -0.05) is 0 Å². The van der Waals surface area contributed by atoms with E-state index in [0.717, 1.165) is 0 Å². The molecule has 0 aliphatic carbocycles. The average molecular weight is 322 g/mol. The Labute approximate surface area is 82.8 Å². The van der Waals surface area contributed by atoms with Gasteiger partial charge < -0.3 is 0 Å². The molecule has 0 radical (unpaired) electrons. The summed E-state index contributed by atoms with van der Waals surface area (Å²) in [5.41, 5.74) is 0. The Bertz CT molecular complexity index is 377. The fraction of sp³-hybridized carbons (Fsp3) is 0. The fourth-order valence-corrected chi connectivity index (χ4v) is 4.25. The van der Waals surface area contributed by atoms with Crippen LogP contribution in [0.15, 0.2) is 0 Å². The normalized spacial score (nSPS) is 17.5. The van der Waals surface area contributed by atoms with Gasteiger partial charge in [0, 0.05) is 0 Å². The van der Waals surface area contributed by atoms with Gasteiger partial charge in [0.1, 0.15) is 0 Å². The lowest BCUT2D eigenvalue weighted by atomic mass is 15.8. The lowest BCUT2D eigenvalue weighted by Crippen LogP contribution is -2.14. The highest BCUT2D eigenvalue weighted by Gasteiger charge is 2.52. The summed E-state index contributed by atoms with van der Waals surface area (Å²) in [4.78, 5) is 0. The van der Waals surface area contributed by atoms with E-state index in [1.165, 1.54) is 0 Å². The molecule has 0 fully saturated rings. The minimum atomic E-state index is -7.11. The summed E-state index contributed by atoms with van der Waals surface area (Å²) in [6, 6.07) is 0. The zero-order valence-electron chi connectivity index (χ0n) is 5.94. The van der Waals surface area contributed by atoms with Gasteiger partial charge in [0.15, 0.2) is 0 Å². The smallest absolute Gasteiger partial charge is 0.180 e. The number of hydrogen-bond donors (Lipinski definition) is 0. The van der Waals surface area contributed by atoms with Crippen LogP contribution in [-0.2, 0) is 21.9 Å². The van der Waals surface area contributed by atoms with Crippen molar-refractivity contribution in [3.8, 4) is 0 Å². The highest BCUT2D eigenvalue weighted by atomic mass is 33.3. The molecular weight excluding hydrogens is 322 g/mol. The van der Waals surface area contributed by atoms with E-state index >= 15 is 0 Å². The van der Waals surface area contributed by atoms with Crippen LogP contribution in [0.25, 0.3) is 0 Å². The molecule has 15 heavy (non-hydrogen) atoms. The lowest BCUT2D eigenvalue weighted by Gasteiger charge is -2.13. The largest absolute Gasteiger partial charge is 0.400 e. The molecule has 0 aromatic rings. The summed E-state index contributed by atoms with van der Waals surface area (Å²) in [5.74, 6) is 0. The zero-order valence-corrected chi connectivity index (χ0v) is 9.21. The molecule has 96 valence electrons.